The van der Waals surface area contributed by atoms with E-state index in [4.69, 9.17) is 14.2 Å². The topological polar surface area (TPSA) is 112 Å². The van der Waals surface area contributed by atoms with E-state index in [1.807, 2.05) is 0 Å². The van der Waals surface area contributed by atoms with Crippen molar-refractivity contribution in [1.82, 2.24) is 14.1 Å². The molecule has 0 radical (unpaired) electrons. The third-order valence-corrected chi connectivity index (χ3v) is 6.93. The molecule has 4 rings (SSSR count). The fraction of sp³-hybridized carbons (Fsp3) is 0.273. The quantitative estimate of drug-likeness (QED) is 0.535. The Bertz CT molecular complexity index is 1190. The third-order valence-electron chi connectivity index (χ3n) is 5.02. The number of hydrogen-bond donors (Lipinski definition) is 1. The van der Waals surface area contributed by atoms with Crippen molar-refractivity contribution in [3.8, 4) is 11.5 Å². The van der Waals surface area contributed by atoms with Gasteiger partial charge in [-0.25, -0.2) is 13.1 Å². The highest BCUT2D eigenvalue weighted by atomic mass is 32.2. The van der Waals surface area contributed by atoms with Crippen molar-refractivity contribution in [2.24, 2.45) is 0 Å². The Morgan fingerprint density at radius 2 is 1.70 bits per heavy atom. The van der Waals surface area contributed by atoms with Gasteiger partial charge in [0.25, 0.3) is 5.91 Å². The van der Waals surface area contributed by atoms with Gasteiger partial charge in [-0.2, -0.15) is 9.40 Å². The molecule has 1 aliphatic rings. The summed E-state index contributed by atoms with van der Waals surface area (Å²) < 4.78 is 44.2. The second-order valence-electron chi connectivity index (χ2n) is 7.18. The lowest BCUT2D eigenvalue weighted by Crippen LogP contribution is -2.40. The first-order valence-corrected chi connectivity index (χ1v) is 11.7. The Hall–Kier alpha value is -3.41. The smallest absolute Gasteiger partial charge is 0.276 e. The van der Waals surface area contributed by atoms with Crippen LogP contribution in [-0.4, -0.2) is 61.8 Å². The van der Waals surface area contributed by atoms with E-state index in [9.17, 15) is 13.2 Å². The average Bonchev–Trinajstić information content (AvgIpc) is 3.33. The van der Waals surface area contributed by atoms with Gasteiger partial charge in [-0.3, -0.25) is 4.79 Å². The van der Waals surface area contributed by atoms with Gasteiger partial charge in [0.15, 0.2) is 12.4 Å². The minimum Gasteiger partial charge on any atom is -0.497 e. The zero-order valence-corrected chi connectivity index (χ0v) is 18.8. The fourth-order valence-corrected chi connectivity index (χ4v) is 4.62. The highest BCUT2D eigenvalue weighted by molar-refractivity contribution is 7.89. The van der Waals surface area contributed by atoms with Crippen LogP contribution in [0.15, 0.2) is 65.7 Å². The number of carbonyl (C=O) groups excluding carboxylic acids is 1. The van der Waals surface area contributed by atoms with Crippen LogP contribution in [0.25, 0.3) is 0 Å². The van der Waals surface area contributed by atoms with Gasteiger partial charge >= 0.3 is 0 Å². The molecular formula is C22H24N4O6S. The second-order valence-corrected chi connectivity index (χ2v) is 9.12. The average molecular weight is 473 g/mol. The van der Waals surface area contributed by atoms with Crippen LogP contribution in [0.5, 0.6) is 11.5 Å². The van der Waals surface area contributed by atoms with E-state index < -0.39 is 15.9 Å². The zero-order valence-electron chi connectivity index (χ0n) is 18.0. The van der Waals surface area contributed by atoms with E-state index in [0.29, 0.717) is 37.7 Å². The molecular weight excluding hydrogens is 448 g/mol. The molecule has 0 bridgehead atoms. The molecule has 3 aromatic rings. The Balaban J connectivity index is 1.34. The van der Waals surface area contributed by atoms with Crippen LogP contribution in [0, 0.1) is 0 Å². The van der Waals surface area contributed by atoms with E-state index in [1.54, 1.807) is 55.8 Å². The molecule has 10 nitrogen and oxygen atoms in total. The second kappa shape index (κ2) is 10.0. The number of sulfonamides is 1. The van der Waals surface area contributed by atoms with Crippen molar-refractivity contribution in [3.63, 3.8) is 0 Å². The van der Waals surface area contributed by atoms with Crippen LogP contribution < -0.4 is 14.8 Å². The molecule has 1 saturated heterocycles. The Morgan fingerprint density at radius 1 is 1.03 bits per heavy atom. The Morgan fingerprint density at radius 3 is 2.36 bits per heavy atom. The summed E-state index contributed by atoms with van der Waals surface area (Å²) in [4.78, 5) is 12.7. The van der Waals surface area contributed by atoms with Crippen molar-refractivity contribution in [3.05, 3.63) is 66.5 Å². The van der Waals surface area contributed by atoms with Crippen molar-refractivity contribution in [1.29, 1.82) is 0 Å². The number of ether oxygens (including phenoxy) is 3. The minimum absolute atomic E-state index is 0.133. The summed E-state index contributed by atoms with van der Waals surface area (Å²) in [6.45, 7) is 1.54. The van der Waals surface area contributed by atoms with Gasteiger partial charge < -0.3 is 19.5 Å². The molecule has 11 heteroatoms. The number of aromatic nitrogens is 2. The maximum atomic E-state index is 12.7. The maximum absolute atomic E-state index is 12.7. The van der Waals surface area contributed by atoms with Crippen LogP contribution in [0.3, 0.4) is 0 Å². The Kier molecular flexibility index (Phi) is 6.92. The predicted molar refractivity (Wildman–Crippen MR) is 120 cm³/mol. The van der Waals surface area contributed by atoms with Crippen LogP contribution in [-0.2, 0) is 21.5 Å². The first kappa shape index (κ1) is 22.8. The molecule has 0 atom stereocenters. The number of amides is 1. The largest absolute Gasteiger partial charge is 0.497 e. The van der Waals surface area contributed by atoms with Crippen LogP contribution in [0.4, 0.5) is 5.69 Å². The van der Waals surface area contributed by atoms with Gasteiger partial charge in [0, 0.05) is 25.0 Å². The van der Waals surface area contributed by atoms with E-state index in [0.717, 1.165) is 5.75 Å². The number of hydrogen-bond acceptors (Lipinski definition) is 7. The van der Waals surface area contributed by atoms with Crippen molar-refractivity contribution < 1.29 is 27.4 Å². The number of nitrogens with zero attached hydrogens (tertiary/aromatic N) is 3. The first-order chi connectivity index (χ1) is 16.0. The van der Waals surface area contributed by atoms with Crippen LogP contribution in [0.1, 0.15) is 10.5 Å². The molecule has 0 spiro atoms. The lowest BCUT2D eigenvalue weighted by molar-refractivity contribution is 0.0730. The SMILES string of the molecule is COc1ccc(OCn2ccc(C(=O)Nc3ccc(S(=O)(=O)N4CCOCC4)cc3)n2)cc1. The van der Waals surface area contributed by atoms with E-state index in [2.05, 4.69) is 10.4 Å². The summed E-state index contributed by atoms with van der Waals surface area (Å²) in [6.07, 6.45) is 1.64. The zero-order chi connectivity index (χ0) is 23.3. The summed E-state index contributed by atoms with van der Waals surface area (Å²) >= 11 is 0. The Labute approximate surface area is 191 Å². The normalized spacial score (nSPS) is 14.6. The highest BCUT2D eigenvalue weighted by Crippen LogP contribution is 2.20. The van der Waals surface area contributed by atoms with Crippen molar-refractivity contribution >= 4 is 21.6 Å². The lowest BCUT2D eigenvalue weighted by Gasteiger charge is -2.26. The van der Waals surface area contributed by atoms with Gasteiger partial charge in [0.1, 0.15) is 11.5 Å². The van der Waals surface area contributed by atoms with Gasteiger partial charge in [-0.15, -0.1) is 0 Å². The summed E-state index contributed by atoms with van der Waals surface area (Å²) in [5.41, 5.74) is 0.670. The standard InChI is InChI=1S/C22H24N4O6S/c1-30-18-4-6-19(7-5-18)32-16-25-11-10-21(24-25)22(27)23-17-2-8-20(9-3-17)33(28,29)26-12-14-31-15-13-26/h2-11H,12-16H2,1H3,(H,23,27). The van der Waals surface area contributed by atoms with Gasteiger partial charge in [0.2, 0.25) is 10.0 Å². The molecule has 1 N–H and O–H groups in total. The van der Waals surface area contributed by atoms with Gasteiger partial charge in [-0.1, -0.05) is 0 Å². The molecule has 1 fully saturated rings. The van der Waals surface area contributed by atoms with E-state index in [-0.39, 0.29) is 17.3 Å². The summed E-state index contributed by atoms with van der Waals surface area (Å²) in [6, 6.07) is 14.7. The number of morpholine rings is 1. The van der Waals surface area contributed by atoms with Crippen LogP contribution in [0.2, 0.25) is 0 Å². The van der Waals surface area contributed by atoms with Gasteiger partial charge in [-0.05, 0) is 54.6 Å². The highest BCUT2D eigenvalue weighted by Gasteiger charge is 2.26. The molecule has 174 valence electrons. The minimum atomic E-state index is -3.59. The number of carbonyl (C=O) groups is 1. The summed E-state index contributed by atoms with van der Waals surface area (Å²) in [5, 5.41) is 6.93. The molecule has 2 aromatic carbocycles. The number of benzene rings is 2. The number of rotatable bonds is 8. The molecule has 1 aromatic heterocycles. The molecule has 1 amide bonds. The summed E-state index contributed by atoms with van der Waals surface area (Å²) in [7, 11) is -1.99. The van der Waals surface area contributed by atoms with E-state index in [1.165, 1.54) is 21.1 Å². The molecule has 0 saturated carbocycles. The fourth-order valence-electron chi connectivity index (χ4n) is 3.21. The molecule has 2 heterocycles. The van der Waals surface area contributed by atoms with E-state index >= 15 is 0 Å². The summed E-state index contributed by atoms with van der Waals surface area (Å²) in [5.74, 6) is 0.957. The van der Waals surface area contributed by atoms with Crippen molar-refractivity contribution in [2.75, 3.05) is 38.7 Å². The molecule has 0 aliphatic carbocycles. The van der Waals surface area contributed by atoms with Crippen molar-refractivity contribution in [2.45, 2.75) is 11.6 Å². The van der Waals surface area contributed by atoms with Crippen LogP contribution >= 0.6 is 0 Å². The number of nitrogens with one attached hydrogen (secondary N) is 1. The number of anilines is 1. The third kappa shape index (κ3) is 5.51. The number of methoxy groups -OCH3 is 1. The monoisotopic (exact) mass is 472 g/mol. The van der Waals surface area contributed by atoms with Gasteiger partial charge in [0.05, 0.1) is 25.2 Å². The molecule has 0 unspecified atom stereocenters. The predicted octanol–water partition coefficient (Wildman–Crippen LogP) is 2.20. The maximum Gasteiger partial charge on any atom is 0.276 e. The first-order valence-electron chi connectivity index (χ1n) is 10.3. The molecule has 1 aliphatic heterocycles. The molecule has 33 heavy (non-hydrogen) atoms. The lowest BCUT2D eigenvalue weighted by atomic mass is 10.3.